The maximum absolute atomic E-state index is 11.0. The standard InChI is InChI=1S/C7H8BNO/c1-4-5(2)7(10)9(8)6(4)3/h6H,1-2H2,3H3. The molecule has 0 bridgehead atoms. The molecule has 1 atom stereocenters. The molecule has 0 aromatic carbocycles. The van der Waals surface area contributed by atoms with Crippen molar-refractivity contribution in [2.24, 2.45) is 0 Å². The smallest absolute Gasteiger partial charge is 0.241 e. The molecule has 0 aromatic heterocycles. The zero-order valence-corrected chi connectivity index (χ0v) is 5.92. The molecule has 1 aliphatic heterocycles. The molecule has 1 rings (SSSR count). The van der Waals surface area contributed by atoms with Crippen molar-refractivity contribution in [3.63, 3.8) is 0 Å². The fraction of sp³-hybridized carbons (Fsp3) is 0.286. The minimum atomic E-state index is -0.225. The fourth-order valence-electron chi connectivity index (χ4n) is 0.889. The fourth-order valence-corrected chi connectivity index (χ4v) is 0.889. The van der Waals surface area contributed by atoms with Gasteiger partial charge in [0.05, 0.1) is 0 Å². The first kappa shape index (κ1) is 7.13. The van der Waals surface area contributed by atoms with Crippen LogP contribution in [0.5, 0.6) is 0 Å². The number of rotatable bonds is 0. The van der Waals surface area contributed by atoms with Crippen LogP contribution >= 0.6 is 0 Å². The SMILES string of the molecule is [B]N1C(=O)C(=C)C(=C)C1C. The van der Waals surface area contributed by atoms with Crippen molar-refractivity contribution >= 4 is 13.9 Å². The topological polar surface area (TPSA) is 20.3 Å². The van der Waals surface area contributed by atoms with Gasteiger partial charge in [-0.2, -0.15) is 0 Å². The van der Waals surface area contributed by atoms with E-state index in [1.807, 2.05) is 6.92 Å². The summed E-state index contributed by atoms with van der Waals surface area (Å²) in [6, 6.07) is -0.0972. The third-order valence-electron chi connectivity index (χ3n) is 1.80. The van der Waals surface area contributed by atoms with Crippen molar-refractivity contribution in [2.45, 2.75) is 13.0 Å². The van der Waals surface area contributed by atoms with Crippen molar-refractivity contribution in [2.75, 3.05) is 0 Å². The lowest BCUT2D eigenvalue weighted by Gasteiger charge is -2.14. The minimum absolute atomic E-state index is 0.0972. The number of nitrogens with zero attached hydrogens (tertiary/aromatic N) is 1. The molecule has 1 saturated heterocycles. The van der Waals surface area contributed by atoms with E-state index in [9.17, 15) is 4.79 Å². The van der Waals surface area contributed by atoms with Crippen LogP contribution in [-0.4, -0.2) is 24.7 Å². The van der Waals surface area contributed by atoms with Gasteiger partial charge in [-0.25, -0.2) is 0 Å². The zero-order chi connectivity index (χ0) is 7.89. The molecule has 0 aromatic rings. The van der Waals surface area contributed by atoms with E-state index < -0.39 is 0 Å². The van der Waals surface area contributed by atoms with E-state index in [-0.39, 0.29) is 11.9 Å². The summed E-state index contributed by atoms with van der Waals surface area (Å²) in [5.74, 6) is -0.225. The predicted octanol–water partition coefficient (Wildman–Crippen LogP) is 0.413. The van der Waals surface area contributed by atoms with Crippen LogP contribution in [0.4, 0.5) is 0 Å². The molecule has 1 amide bonds. The van der Waals surface area contributed by atoms with E-state index in [0.717, 1.165) is 4.81 Å². The normalized spacial score (nSPS) is 26.3. The van der Waals surface area contributed by atoms with E-state index in [1.165, 1.54) is 0 Å². The molecule has 1 fully saturated rings. The Kier molecular flexibility index (Phi) is 1.43. The summed E-state index contributed by atoms with van der Waals surface area (Å²) in [6.45, 7) is 9.04. The number of amides is 1. The van der Waals surface area contributed by atoms with Crippen molar-refractivity contribution in [1.29, 1.82) is 0 Å². The Morgan fingerprint density at radius 1 is 1.60 bits per heavy atom. The number of carbonyl (C=O) groups excluding carboxylic acids is 1. The van der Waals surface area contributed by atoms with Crippen molar-refractivity contribution in [3.8, 4) is 0 Å². The first-order valence-corrected chi connectivity index (χ1v) is 3.02. The van der Waals surface area contributed by atoms with Crippen molar-refractivity contribution in [3.05, 3.63) is 24.3 Å². The molecule has 0 spiro atoms. The van der Waals surface area contributed by atoms with Crippen LogP contribution in [0.15, 0.2) is 24.3 Å². The van der Waals surface area contributed by atoms with Crippen LogP contribution in [0, 0.1) is 0 Å². The van der Waals surface area contributed by atoms with Crippen LogP contribution in [0.3, 0.4) is 0 Å². The van der Waals surface area contributed by atoms with Crippen LogP contribution in [0.2, 0.25) is 0 Å². The van der Waals surface area contributed by atoms with Crippen LogP contribution in [0.25, 0.3) is 0 Å². The summed E-state index contributed by atoms with van der Waals surface area (Å²) in [5, 5.41) is 0. The number of hydrogen-bond acceptors (Lipinski definition) is 1. The largest absolute Gasteiger partial charge is 0.386 e. The quantitative estimate of drug-likeness (QED) is 0.346. The molecule has 10 heavy (non-hydrogen) atoms. The van der Waals surface area contributed by atoms with E-state index in [1.54, 1.807) is 0 Å². The Labute approximate surface area is 61.6 Å². The lowest BCUT2D eigenvalue weighted by molar-refractivity contribution is -0.121. The highest BCUT2D eigenvalue weighted by molar-refractivity contribution is 6.21. The van der Waals surface area contributed by atoms with Crippen LogP contribution in [0.1, 0.15) is 6.92 Å². The Balaban J connectivity index is 3.00. The van der Waals surface area contributed by atoms with E-state index >= 15 is 0 Å². The van der Waals surface area contributed by atoms with Gasteiger partial charge in [0.1, 0.15) is 0 Å². The summed E-state index contributed by atoms with van der Waals surface area (Å²) in [4.78, 5) is 12.1. The highest BCUT2D eigenvalue weighted by Gasteiger charge is 2.30. The Morgan fingerprint density at radius 3 is 2.20 bits per heavy atom. The van der Waals surface area contributed by atoms with E-state index in [0.29, 0.717) is 11.1 Å². The van der Waals surface area contributed by atoms with Crippen molar-refractivity contribution < 1.29 is 4.79 Å². The second-order valence-corrected chi connectivity index (χ2v) is 2.39. The average molecular weight is 133 g/mol. The molecule has 1 aliphatic rings. The minimum Gasteiger partial charge on any atom is -0.386 e. The van der Waals surface area contributed by atoms with Gasteiger partial charge in [-0.3, -0.25) is 4.79 Å². The molecule has 1 heterocycles. The first-order valence-electron chi connectivity index (χ1n) is 3.02. The summed E-state index contributed by atoms with van der Waals surface area (Å²) >= 11 is 0. The molecule has 2 nitrogen and oxygen atoms in total. The molecule has 50 valence electrons. The van der Waals surface area contributed by atoms with Gasteiger partial charge in [-0.15, -0.1) is 0 Å². The van der Waals surface area contributed by atoms with Gasteiger partial charge in [-0.1, -0.05) is 13.2 Å². The predicted molar refractivity (Wildman–Crippen MR) is 40.3 cm³/mol. The summed E-state index contributed by atoms with van der Waals surface area (Å²) in [5.41, 5.74) is 1.14. The second kappa shape index (κ2) is 2.01. The molecule has 0 saturated carbocycles. The summed E-state index contributed by atoms with van der Waals surface area (Å²) in [6.07, 6.45) is 0. The third-order valence-corrected chi connectivity index (χ3v) is 1.80. The molecule has 3 heteroatoms. The first-order chi connectivity index (χ1) is 4.55. The van der Waals surface area contributed by atoms with Gasteiger partial charge in [0.15, 0.2) is 0 Å². The van der Waals surface area contributed by atoms with Gasteiger partial charge >= 0.3 is 0 Å². The highest BCUT2D eigenvalue weighted by atomic mass is 16.2. The van der Waals surface area contributed by atoms with E-state index in [4.69, 9.17) is 7.98 Å². The molecule has 2 radical (unpaired) electrons. The lowest BCUT2D eigenvalue weighted by atomic mass is 10.1. The van der Waals surface area contributed by atoms with Crippen LogP contribution in [-0.2, 0) is 4.79 Å². The Bertz CT molecular complexity index is 200. The zero-order valence-electron chi connectivity index (χ0n) is 5.92. The molecular formula is C7H8BNO. The molecule has 0 N–H and O–H groups in total. The lowest BCUT2D eigenvalue weighted by Crippen LogP contribution is -2.28. The average Bonchev–Trinajstić information content (AvgIpc) is 2.07. The number of carbonyl (C=O) groups is 1. The van der Waals surface area contributed by atoms with Crippen molar-refractivity contribution in [1.82, 2.24) is 4.81 Å². The Hall–Kier alpha value is -0.985. The second-order valence-electron chi connectivity index (χ2n) is 2.39. The van der Waals surface area contributed by atoms with Gasteiger partial charge < -0.3 is 4.81 Å². The van der Waals surface area contributed by atoms with Crippen LogP contribution < -0.4 is 0 Å². The highest BCUT2D eigenvalue weighted by Crippen LogP contribution is 2.24. The monoisotopic (exact) mass is 133 g/mol. The van der Waals surface area contributed by atoms with Gasteiger partial charge in [0, 0.05) is 11.6 Å². The van der Waals surface area contributed by atoms with Gasteiger partial charge in [0.25, 0.3) is 0 Å². The summed E-state index contributed by atoms with van der Waals surface area (Å²) < 4.78 is 0. The molecule has 0 aliphatic carbocycles. The molecule has 1 unspecified atom stereocenters. The maximum Gasteiger partial charge on any atom is 0.241 e. The maximum atomic E-state index is 11.0. The van der Waals surface area contributed by atoms with E-state index in [2.05, 4.69) is 13.2 Å². The van der Waals surface area contributed by atoms with Gasteiger partial charge in [0.2, 0.25) is 13.9 Å². The molecular weight excluding hydrogens is 125 g/mol. The Morgan fingerprint density at radius 2 is 2.10 bits per heavy atom. The summed E-state index contributed by atoms with van der Waals surface area (Å²) in [7, 11) is 5.36. The number of hydrogen-bond donors (Lipinski definition) is 0. The third kappa shape index (κ3) is 0.702. The van der Waals surface area contributed by atoms with Gasteiger partial charge in [-0.05, 0) is 12.5 Å².